The van der Waals surface area contributed by atoms with Crippen LogP contribution in [0.4, 0.5) is 0 Å². The molecule has 0 amide bonds. The Balaban J connectivity index is 1.70. The Morgan fingerprint density at radius 3 is 2.00 bits per heavy atom. The average molecular weight is 463 g/mol. The quantitative estimate of drug-likeness (QED) is 0.334. The van der Waals surface area contributed by atoms with Crippen molar-refractivity contribution in [3.63, 3.8) is 0 Å². The second-order valence-electron chi connectivity index (χ2n) is 11.7. The predicted octanol–water partition coefficient (Wildman–Crippen LogP) is 8.83. The first kappa shape index (κ1) is 23.2. The first-order valence-corrected chi connectivity index (χ1v) is 15.3. The Labute approximate surface area is 208 Å². The van der Waals surface area contributed by atoms with Gasteiger partial charge in [-0.3, -0.25) is 0 Å². The molecule has 174 valence electrons. The fourth-order valence-electron chi connectivity index (χ4n) is 6.64. The maximum atomic E-state index is 2.51. The van der Waals surface area contributed by atoms with E-state index in [1.807, 2.05) is 0 Å². The van der Waals surface area contributed by atoms with Crippen LogP contribution in [0.25, 0.3) is 16.7 Å². The minimum Gasteiger partial charge on any atom is -0.0619 e. The lowest BCUT2D eigenvalue weighted by Gasteiger charge is -2.27. The van der Waals surface area contributed by atoms with Crippen LogP contribution in [-0.2, 0) is 5.41 Å². The van der Waals surface area contributed by atoms with E-state index in [1.54, 1.807) is 21.9 Å². The maximum absolute atomic E-state index is 2.51. The van der Waals surface area contributed by atoms with Crippen LogP contribution in [0.15, 0.2) is 72.3 Å². The molecule has 1 heteroatoms. The van der Waals surface area contributed by atoms with E-state index in [-0.39, 0.29) is 5.41 Å². The molecule has 0 radical (unpaired) electrons. The lowest BCUT2D eigenvalue weighted by atomic mass is 9.76. The van der Waals surface area contributed by atoms with Crippen LogP contribution in [0.2, 0.25) is 13.1 Å². The third kappa shape index (κ3) is 3.52. The van der Waals surface area contributed by atoms with Crippen LogP contribution in [-0.4, -0.2) is 13.6 Å². The molecule has 0 fully saturated rings. The molecule has 3 unspecified atom stereocenters. The van der Waals surface area contributed by atoms with Gasteiger partial charge in [-0.05, 0) is 69.7 Å². The van der Waals surface area contributed by atoms with Gasteiger partial charge < -0.3 is 0 Å². The van der Waals surface area contributed by atoms with Gasteiger partial charge in [0.1, 0.15) is 0 Å². The van der Waals surface area contributed by atoms with E-state index in [2.05, 4.69) is 121 Å². The van der Waals surface area contributed by atoms with Gasteiger partial charge in [0.15, 0.2) is 0 Å². The smallest absolute Gasteiger partial charge is 0.0132 e. The van der Waals surface area contributed by atoms with Gasteiger partial charge in [-0.15, -0.1) is 0 Å². The van der Waals surface area contributed by atoms with Crippen LogP contribution in [0, 0.1) is 5.92 Å². The molecular formula is C33H38Si. The average Bonchev–Trinajstić information content (AvgIpc) is 3.23. The standard InChI is InChI=1S/C33H38Si/c1-20-21(2)29(27-13-10-9-12-25(20)27)30-22(3)32(34(7)8)31-26(14-11-15-28(30)31)23-16-18-24(19-17-23)33(4,5)6/h9-19,22,29-30H,1-8H3. The fraction of sp³-hybridized carbons (Fsp3) is 0.364. The zero-order chi connectivity index (χ0) is 24.4. The summed E-state index contributed by atoms with van der Waals surface area (Å²) in [6.45, 7) is 19.1. The molecule has 2 aliphatic carbocycles. The summed E-state index contributed by atoms with van der Waals surface area (Å²) in [4.78, 5) is 0. The normalized spacial score (nSPS) is 21.6. The lowest BCUT2D eigenvalue weighted by Crippen LogP contribution is -2.21. The van der Waals surface area contributed by atoms with Gasteiger partial charge in [-0.25, -0.2) is 0 Å². The molecule has 0 spiro atoms. The van der Waals surface area contributed by atoms with Crippen molar-refractivity contribution < 1.29 is 0 Å². The van der Waals surface area contributed by atoms with E-state index < -0.39 is 8.41 Å². The minimum atomic E-state index is -0.601. The molecule has 0 aromatic heterocycles. The second kappa shape index (κ2) is 8.31. The van der Waals surface area contributed by atoms with Crippen LogP contribution in [0.5, 0.6) is 0 Å². The maximum Gasteiger partial charge on any atom is 0.0132 e. The van der Waals surface area contributed by atoms with Gasteiger partial charge in [0, 0.05) is 20.2 Å². The third-order valence-corrected chi connectivity index (χ3v) is 10.2. The molecular weight excluding hydrogens is 424 g/mol. The van der Waals surface area contributed by atoms with Crippen molar-refractivity contribution in [2.45, 2.75) is 71.9 Å². The van der Waals surface area contributed by atoms with Crippen LogP contribution in [0.3, 0.4) is 0 Å². The largest absolute Gasteiger partial charge is 0.0619 e. The molecule has 0 nitrogen and oxygen atoms in total. The van der Waals surface area contributed by atoms with E-state index in [1.165, 1.54) is 33.4 Å². The minimum absolute atomic E-state index is 0.175. The molecule has 2 aliphatic rings. The Morgan fingerprint density at radius 2 is 1.35 bits per heavy atom. The highest BCUT2D eigenvalue weighted by atomic mass is 28.2. The van der Waals surface area contributed by atoms with Crippen LogP contribution < -0.4 is 0 Å². The van der Waals surface area contributed by atoms with Crippen molar-refractivity contribution in [2.24, 2.45) is 5.92 Å². The van der Waals surface area contributed by atoms with Gasteiger partial charge in [0.2, 0.25) is 0 Å². The lowest BCUT2D eigenvalue weighted by molar-refractivity contribution is 0.535. The molecule has 34 heavy (non-hydrogen) atoms. The first-order chi connectivity index (χ1) is 16.1. The first-order valence-electron chi connectivity index (χ1n) is 12.8. The number of allylic oxidation sites excluding steroid dienone is 2. The molecule has 3 aromatic rings. The zero-order valence-electron chi connectivity index (χ0n) is 22.1. The number of hydrogen-bond donors (Lipinski definition) is 0. The van der Waals surface area contributed by atoms with Crippen molar-refractivity contribution in [1.29, 1.82) is 0 Å². The van der Waals surface area contributed by atoms with Crippen molar-refractivity contribution in [3.8, 4) is 11.1 Å². The predicted molar refractivity (Wildman–Crippen MR) is 152 cm³/mol. The summed E-state index contributed by atoms with van der Waals surface area (Å²) >= 11 is 0. The van der Waals surface area contributed by atoms with E-state index in [0.29, 0.717) is 17.8 Å². The number of benzene rings is 3. The highest BCUT2D eigenvalue weighted by Gasteiger charge is 2.43. The number of hydrogen-bond acceptors (Lipinski definition) is 0. The van der Waals surface area contributed by atoms with Gasteiger partial charge in [-0.1, -0.05) is 118 Å². The number of fused-ring (bicyclic) bond motifs is 2. The summed E-state index contributed by atoms with van der Waals surface area (Å²) < 4.78 is 0. The molecule has 0 heterocycles. The molecule has 0 aliphatic heterocycles. The monoisotopic (exact) mass is 462 g/mol. The van der Waals surface area contributed by atoms with E-state index in [4.69, 9.17) is 0 Å². The Kier molecular flexibility index (Phi) is 5.68. The zero-order valence-corrected chi connectivity index (χ0v) is 23.1. The summed E-state index contributed by atoms with van der Waals surface area (Å²) in [6, 6.07) is 25.6. The van der Waals surface area contributed by atoms with E-state index in [0.717, 1.165) is 0 Å². The number of rotatable bonds is 2. The highest BCUT2D eigenvalue weighted by Crippen LogP contribution is 2.56. The highest BCUT2D eigenvalue weighted by molar-refractivity contribution is 6.73. The summed E-state index contributed by atoms with van der Waals surface area (Å²) in [5.74, 6) is 1.55. The Morgan fingerprint density at radius 1 is 0.735 bits per heavy atom. The summed E-state index contributed by atoms with van der Waals surface area (Å²) in [5, 5.41) is 1.73. The van der Waals surface area contributed by atoms with Crippen LogP contribution >= 0.6 is 0 Å². The topological polar surface area (TPSA) is 0 Å². The van der Waals surface area contributed by atoms with Gasteiger partial charge in [0.25, 0.3) is 0 Å². The molecule has 0 saturated carbocycles. The second-order valence-corrected chi connectivity index (χ2v) is 14.2. The van der Waals surface area contributed by atoms with Gasteiger partial charge in [-0.2, -0.15) is 0 Å². The van der Waals surface area contributed by atoms with Crippen molar-refractivity contribution in [2.75, 3.05) is 0 Å². The molecule has 0 bridgehead atoms. The molecule has 3 aromatic carbocycles. The molecule has 0 saturated heterocycles. The molecule has 3 atom stereocenters. The Bertz CT molecular complexity index is 1320. The summed E-state index contributed by atoms with van der Waals surface area (Å²) in [6.07, 6.45) is 0. The van der Waals surface area contributed by atoms with Crippen LogP contribution in [0.1, 0.15) is 81.2 Å². The van der Waals surface area contributed by atoms with Crippen molar-refractivity contribution >= 4 is 19.2 Å². The van der Waals surface area contributed by atoms with E-state index >= 15 is 0 Å². The van der Waals surface area contributed by atoms with Crippen molar-refractivity contribution in [3.05, 3.63) is 100 Å². The summed E-state index contributed by atoms with van der Waals surface area (Å²) in [7, 11) is -0.601. The fourth-order valence-corrected chi connectivity index (χ4v) is 8.51. The molecule has 5 rings (SSSR count). The van der Waals surface area contributed by atoms with Gasteiger partial charge >= 0.3 is 0 Å². The SMILES string of the molecule is CC1=C(C)C(C2c3cccc(-c4ccc(C(C)(C)C)cc4)c3C(=[Si](C)C)C2C)c2ccccc21. The third-order valence-electron chi connectivity index (χ3n) is 8.44. The van der Waals surface area contributed by atoms with Gasteiger partial charge in [0.05, 0.1) is 0 Å². The Hall–Kier alpha value is -2.51. The molecule has 0 N–H and O–H groups in total. The van der Waals surface area contributed by atoms with E-state index in [9.17, 15) is 0 Å². The van der Waals surface area contributed by atoms with Crippen molar-refractivity contribution in [1.82, 2.24) is 0 Å². The summed E-state index contributed by atoms with van der Waals surface area (Å²) in [5.41, 5.74) is 13.5.